The third kappa shape index (κ3) is 3.98. The molecule has 5 rings (SSSR count). The Morgan fingerprint density at radius 2 is 2.11 bits per heavy atom. The van der Waals surface area contributed by atoms with Crippen molar-refractivity contribution in [3.8, 4) is 17.3 Å². The molecule has 0 unspecified atom stereocenters. The van der Waals surface area contributed by atoms with Crippen molar-refractivity contribution < 1.29 is 9.52 Å². The van der Waals surface area contributed by atoms with E-state index in [1.54, 1.807) is 25.1 Å². The molecule has 5 N–H and O–H groups in total. The molecule has 0 bridgehead atoms. The van der Waals surface area contributed by atoms with Gasteiger partial charge >= 0.3 is 0 Å². The number of fused-ring (bicyclic) bond motifs is 1. The number of aromatic amines is 1. The van der Waals surface area contributed by atoms with Crippen molar-refractivity contribution in [2.24, 2.45) is 0 Å². The third-order valence-corrected chi connectivity index (χ3v) is 5.77. The number of nitrogens with zero attached hydrogens (tertiary/aromatic N) is 6. The number of nitrogens with one attached hydrogen (secondary N) is 2. The highest BCUT2D eigenvalue weighted by Gasteiger charge is 2.23. The number of H-pyrrole nitrogens is 1. The summed E-state index contributed by atoms with van der Waals surface area (Å²) in [4.78, 5) is 22.0. The molecule has 0 saturated carbocycles. The quantitative estimate of drug-likeness (QED) is 0.275. The van der Waals surface area contributed by atoms with Gasteiger partial charge in [0.1, 0.15) is 23.5 Å². The maximum atomic E-state index is 13.6. The molecule has 0 aliphatic rings. The van der Waals surface area contributed by atoms with Crippen LogP contribution in [0.25, 0.3) is 28.0 Å². The number of anilines is 2. The number of nitrogens with two attached hydrogens (primary N) is 1. The summed E-state index contributed by atoms with van der Waals surface area (Å²) in [7, 11) is 0. The van der Waals surface area contributed by atoms with E-state index in [1.807, 2.05) is 19.1 Å². The predicted octanol–water partition coefficient (Wildman–Crippen LogP) is 2.76. The minimum atomic E-state index is -0.488. The van der Waals surface area contributed by atoms with E-state index in [0.717, 1.165) is 0 Å². The van der Waals surface area contributed by atoms with Gasteiger partial charge in [-0.05, 0) is 24.4 Å². The largest absolute Gasteiger partial charge is 0.421 e. The molecule has 4 heterocycles. The molecule has 0 aliphatic heterocycles. The van der Waals surface area contributed by atoms with Crippen molar-refractivity contribution in [1.29, 1.82) is 0 Å². The average molecular weight is 494 g/mol. The van der Waals surface area contributed by atoms with Crippen molar-refractivity contribution in [1.82, 2.24) is 34.9 Å². The number of rotatable bonds is 6. The van der Waals surface area contributed by atoms with Crippen molar-refractivity contribution >= 4 is 34.0 Å². The van der Waals surface area contributed by atoms with E-state index in [-0.39, 0.29) is 23.9 Å². The molecule has 0 fully saturated rings. The van der Waals surface area contributed by atoms with E-state index in [9.17, 15) is 9.90 Å². The second kappa shape index (κ2) is 8.81. The zero-order valence-corrected chi connectivity index (χ0v) is 19.4. The fourth-order valence-electron chi connectivity index (χ4n) is 3.84. The van der Waals surface area contributed by atoms with Gasteiger partial charge in [-0.2, -0.15) is 5.10 Å². The molecule has 1 atom stereocenters. The lowest BCUT2D eigenvalue weighted by molar-refractivity contribution is 0.276. The van der Waals surface area contributed by atoms with Gasteiger partial charge in [0.25, 0.3) is 11.4 Å². The number of hydrogen-bond donors (Lipinski definition) is 4. The van der Waals surface area contributed by atoms with Crippen LogP contribution >= 0.6 is 11.6 Å². The Morgan fingerprint density at radius 3 is 2.83 bits per heavy atom. The molecule has 4 aromatic heterocycles. The molecule has 178 valence electrons. The van der Waals surface area contributed by atoms with Crippen molar-refractivity contribution in [2.45, 2.75) is 26.5 Å². The summed E-state index contributed by atoms with van der Waals surface area (Å²) in [6, 6.07) is 8.18. The number of aromatic nitrogens is 7. The monoisotopic (exact) mass is 493 g/mol. The molecule has 35 heavy (non-hydrogen) atoms. The summed E-state index contributed by atoms with van der Waals surface area (Å²) in [5.74, 6) is 1.33. The summed E-state index contributed by atoms with van der Waals surface area (Å²) in [5.41, 5.74) is 7.11. The van der Waals surface area contributed by atoms with Crippen LogP contribution in [0.15, 0.2) is 45.9 Å². The number of aliphatic hydroxyl groups is 1. The topological polar surface area (TPSA) is 174 Å². The van der Waals surface area contributed by atoms with Gasteiger partial charge in [-0.25, -0.2) is 9.97 Å². The molecule has 0 spiro atoms. The molecular formula is C22H20ClN9O3. The molecule has 0 saturated heterocycles. The summed E-state index contributed by atoms with van der Waals surface area (Å²) >= 11 is 6.37. The highest BCUT2D eigenvalue weighted by atomic mass is 35.5. The Labute approximate surface area is 202 Å². The maximum absolute atomic E-state index is 13.6. The van der Waals surface area contributed by atoms with Crippen molar-refractivity contribution in [2.75, 3.05) is 11.1 Å². The highest BCUT2D eigenvalue weighted by Crippen LogP contribution is 2.33. The molecule has 5 aromatic rings. The van der Waals surface area contributed by atoms with Crippen LogP contribution in [0.1, 0.15) is 30.2 Å². The first-order chi connectivity index (χ1) is 16.9. The lowest BCUT2D eigenvalue weighted by atomic mass is 10.1. The number of nitrogen functional groups attached to an aromatic ring is 1. The number of aliphatic hydroxyl groups excluding tert-OH is 1. The smallest absolute Gasteiger partial charge is 0.266 e. The number of halogens is 1. The number of aryl methyl sites for hydroxylation is 1. The minimum absolute atomic E-state index is 0.154. The van der Waals surface area contributed by atoms with E-state index in [0.29, 0.717) is 50.3 Å². The summed E-state index contributed by atoms with van der Waals surface area (Å²) in [5, 5.41) is 28.9. The first-order valence-electron chi connectivity index (χ1n) is 10.5. The molecule has 13 heteroatoms. The SMILES string of the molecule is Cc1nnc(-c2c(N)ncnc2N[C@@H](C)c2cc3cccc(Cl)c3c(=O)n2-c2cc(CO)[nH]n2)o1. The van der Waals surface area contributed by atoms with Gasteiger partial charge < -0.3 is 20.6 Å². The van der Waals surface area contributed by atoms with Crippen LogP contribution in [0.5, 0.6) is 0 Å². The molecule has 0 amide bonds. The normalized spacial score (nSPS) is 12.2. The zero-order valence-electron chi connectivity index (χ0n) is 18.7. The van der Waals surface area contributed by atoms with Crippen LogP contribution < -0.4 is 16.6 Å². The van der Waals surface area contributed by atoms with Gasteiger partial charge in [0.15, 0.2) is 5.82 Å². The summed E-state index contributed by atoms with van der Waals surface area (Å²) in [6.45, 7) is 3.25. The van der Waals surface area contributed by atoms with E-state index in [2.05, 4.69) is 35.7 Å². The molecular weight excluding hydrogens is 474 g/mol. The first kappa shape index (κ1) is 22.5. The minimum Gasteiger partial charge on any atom is -0.421 e. The van der Waals surface area contributed by atoms with Crippen molar-refractivity contribution in [3.05, 3.63) is 69.3 Å². The van der Waals surface area contributed by atoms with Crippen molar-refractivity contribution in [3.63, 3.8) is 0 Å². The van der Waals surface area contributed by atoms with Crippen LogP contribution in [0.4, 0.5) is 11.6 Å². The fraction of sp³-hybridized carbons (Fsp3) is 0.182. The molecule has 1 aromatic carbocycles. The van der Waals surface area contributed by atoms with Crippen LogP contribution in [-0.4, -0.2) is 40.0 Å². The summed E-state index contributed by atoms with van der Waals surface area (Å²) in [6.07, 6.45) is 1.31. The Morgan fingerprint density at radius 1 is 1.29 bits per heavy atom. The number of pyridine rings is 1. The maximum Gasteiger partial charge on any atom is 0.266 e. The molecule has 0 radical (unpaired) electrons. The van der Waals surface area contributed by atoms with Gasteiger partial charge in [-0.3, -0.25) is 14.5 Å². The molecule has 0 aliphatic carbocycles. The Bertz CT molecular complexity index is 1610. The predicted molar refractivity (Wildman–Crippen MR) is 129 cm³/mol. The zero-order chi connectivity index (χ0) is 24.7. The lowest BCUT2D eigenvalue weighted by Crippen LogP contribution is -2.26. The van der Waals surface area contributed by atoms with Crippen LogP contribution in [0, 0.1) is 6.92 Å². The Balaban J connectivity index is 1.67. The van der Waals surface area contributed by atoms with Gasteiger partial charge in [0.2, 0.25) is 5.89 Å². The van der Waals surface area contributed by atoms with Crippen LogP contribution in [-0.2, 0) is 6.61 Å². The fourth-order valence-corrected chi connectivity index (χ4v) is 4.10. The Kier molecular flexibility index (Phi) is 5.67. The second-order valence-electron chi connectivity index (χ2n) is 7.80. The van der Waals surface area contributed by atoms with E-state index >= 15 is 0 Å². The standard InChI is InChI=1S/C22H20ClN9O3/c1-10(27-20-18(19(24)25-9-26-20)21-31-28-11(2)35-21)15-6-12-4-3-5-14(23)17(12)22(34)32(15)16-7-13(8-33)29-30-16/h3-7,9-10,33H,8H2,1-2H3,(H,29,30)(H3,24,25,26,27)/t10-/m0/s1. The number of benzene rings is 1. The Hall–Kier alpha value is -4.29. The third-order valence-electron chi connectivity index (χ3n) is 5.45. The summed E-state index contributed by atoms with van der Waals surface area (Å²) < 4.78 is 6.98. The van der Waals surface area contributed by atoms with E-state index in [1.165, 1.54) is 10.9 Å². The van der Waals surface area contributed by atoms with Gasteiger partial charge in [0, 0.05) is 13.0 Å². The second-order valence-corrected chi connectivity index (χ2v) is 8.21. The lowest BCUT2D eigenvalue weighted by Gasteiger charge is -2.21. The average Bonchev–Trinajstić information content (AvgIpc) is 3.48. The van der Waals surface area contributed by atoms with Gasteiger partial charge in [0.05, 0.1) is 34.4 Å². The van der Waals surface area contributed by atoms with E-state index < -0.39 is 6.04 Å². The van der Waals surface area contributed by atoms with E-state index in [4.69, 9.17) is 21.8 Å². The van der Waals surface area contributed by atoms with Gasteiger partial charge in [-0.1, -0.05) is 23.7 Å². The van der Waals surface area contributed by atoms with Crippen LogP contribution in [0.2, 0.25) is 5.02 Å². The van der Waals surface area contributed by atoms with Gasteiger partial charge in [-0.15, -0.1) is 10.2 Å². The molecule has 12 nitrogen and oxygen atoms in total. The first-order valence-corrected chi connectivity index (χ1v) is 10.9. The van der Waals surface area contributed by atoms with Crippen LogP contribution in [0.3, 0.4) is 0 Å². The highest BCUT2D eigenvalue weighted by molar-refractivity contribution is 6.35. The number of hydrogen-bond acceptors (Lipinski definition) is 10.